The van der Waals surface area contributed by atoms with Crippen molar-refractivity contribution in [2.45, 2.75) is 28.7 Å². The summed E-state index contributed by atoms with van der Waals surface area (Å²) in [7, 11) is 0. The number of benzene rings is 3. The fourth-order valence-corrected chi connectivity index (χ4v) is 6.27. The maximum absolute atomic E-state index is 13.9. The summed E-state index contributed by atoms with van der Waals surface area (Å²) < 4.78 is 27.0. The van der Waals surface area contributed by atoms with Gasteiger partial charge in [0, 0.05) is 77.9 Å². The van der Waals surface area contributed by atoms with Gasteiger partial charge in [0.25, 0.3) is 0 Å². The molecule has 0 bridgehead atoms. The monoisotopic (exact) mass is 702 g/mol. The first kappa shape index (κ1) is 37.9. The van der Waals surface area contributed by atoms with Gasteiger partial charge in [0.05, 0.1) is 0 Å². The number of nitrogens with zero attached hydrogens (tertiary/aromatic N) is 2. The molecule has 48 heavy (non-hydrogen) atoms. The quantitative estimate of drug-likeness (QED) is 0.215. The molecule has 2 aliphatic rings. The molecule has 1 fully saturated rings. The predicted molar refractivity (Wildman–Crippen MR) is 175 cm³/mol. The minimum atomic E-state index is -1.26. The average Bonchev–Trinajstić information content (AvgIpc) is 3.19. The van der Waals surface area contributed by atoms with Crippen molar-refractivity contribution < 1.29 is 48.4 Å². The molecule has 1 unspecified atom stereocenters. The van der Waals surface area contributed by atoms with Gasteiger partial charge in [-0.2, -0.15) is 0 Å². The van der Waals surface area contributed by atoms with E-state index in [0.29, 0.717) is 24.3 Å². The molecule has 4 N–H and O–H groups in total. The highest BCUT2D eigenvalue weighted by Crippen LogP contribution is 2.44. The predicted octanol–water partition coefficient (Wildman–Crippen LogP) is 5.65. The number of halogens is 3. The van der Waals surface area contributed by atoms with Crippen molar-refractivity contribution in [2.24, 2.45) is 0 Å². The molecule has 0 radical (unpaired) electrons. The summed E-state index contributed by atoms with van der Waals surface area (Å²) in [4.78, 5) is 45.4. The molecule has 0 aliphatic carbocycles. The number of rotatable bonds is 8. The Labute approximate surface area is 284 Å². The van der Waals surface area contributed by atoms with Gasteiger partial charge in [0.2, 0.25) is 0 Å². The molecule has 0 spiro atoms. The Balaban J connectivity index is 0.000000325. The van der Waals surface area contributed by atoms with Crippen molar-refractivity contribution in [1.29, 1.82) is 0 Å². The molecule has 2 heterocycles. The van der Waals surface area contributed by atoms with Crippen molar-refractivity contribution in [2.75, 3.05) is 32.7 Å². The molecule has 5 rings (SSSR count). The van der Waals surface area contributed by atoms with Crippen molar-refractivity contribution in [3.8, 4) is 0 Å². The van der Waals surface area contributed by atoms with Gasteiger partial charge < -0.3 is 25.3 Å². The zero-order valence-corrected chi connectivity index (χ0v) is 27.0. The van der Waals surface area contributed by atoms with Crippen LogP contribution in [0.1, 0.15) is 22.7 Å². The molecule has 254 valence electrons. The second-order valence-electron chi connectivity index (χ2n) is 10.5. The summed E-state index contributed by atoms with van der Waals surface area (Å²) in [6.45, 7) is 4.92. The molecule has 2 aliphatic heterocycles. The summed E-state index contributed by atoms with van der Waals surface area (Å²) >= 11 is 8.02. The van der Waals surface area contributed by atoms with Gasteiger partial charge in [-0.05, 0) is 72.0 Å². The first-order valence-corrected chi connectivity index (χ1v) is 15.7. The molecular weight excluding hydrogens is 670 g/mol. The van der Waals surface area contributed by atoms with Gasteiger partial charge in [0.15, 0.2) is 0 Å². The van der Waals surface area contributed by atoms with E-state index >= 15 is 0 Å². The molecule has 3 aromatic rings. The second kappa shape index (κ2) is 18.7. The summed E-state index contributed by atoms with van der Waals surface area (Å²) in [6, 6.07) is 18.2. The Kier molecular flexibility index (Phi) is 14.8. The molecule has 3 aromatic carbocycles. The lowest BCUT2D eigenvalue weighted by Crippen LogP contribution is -2.48. The van der Waals surface area contributed by atoms with Gasteiger partial charge in [-0.25, -0.2) is 28.0 Å². The van der Waals surface area contributed by atoms with Crippen LogP contribution in [0.25, 0.3) is 0 Å². The van der Waals surface area contributed by atoms with E-state index in [1.165, 1.54) is 28.8 Å². The highest BCUT2D eigenvalue weighted by atomic mass is 35.5. The lowest BCUT2D eigenvalue weighted by Gasteiger charge is -2.39. The van der Waals surface area contributed by atoms with Crippen LogP contribution in [-0.4, -0.2) is 86.8 Å². The maximum atomic E-state index is 13.9. The van der Waals surface area contributed by atoms with Crippen LogP contribution in [0, 0.1) is 11.6 Å². The highest BCUT2D eigenvalue weighted by molar-refractivity contribution is 7.99. The Morgan fingerprint density at radius 1 is 0.729 bits per heavy atom. The number of hydrogen-bond acceptors (Lipinski definition) is 7. The summed E-state index contributed by atoms with van der Waals surface area (Å²) in [5, 5.41) is 32.0. The van der Waals surface area contributed by atoms with E-state index < -0.39 is 23.9 Å². The standard InChI is InChI=1S/C26H25ClF2N2S.2C4H4O4/c27-20-4-8-25-23(16-20)24(15-19-3-7-22(29)17-26(19)32-25)31-13-11-30(12-14-31)10-9-18-1-5-21(28)6-2-18;2*5-3(6)1-2-4(7)8/h1-8,16-17,24H,9-15H2;2*1-2H,(H,5,6)(H,7,8)/b;2*2-1+. The number of piperazine rings is 1. The van der Waals surface area contributed by atoms with Crippen molar-refractivity contribution in [1.82, 2.24) is 9.80 Å². The molecule has 10 nitrogen and oxygen atoms in total. The third-order valence-electron chi connectivity index (χ3n) is 7.21. The lowest BCUT2D eigenvalue weighted by atomic mass is 9.96. The Morgan fingerprint density at radius 2 is 1.27 bits per heavy atom. The van der Waals surface area contributed by atoms with Crippen molar-refractivity contribution in [3.05, 3.63) is 118 Å². The topological polar surface area (TPSA) is 156 Å². The zero-order valence-electron chi connectivity index (χ0n) is 25.5. The van der Waals surface area contributed by atoms with Gasteiger partial charge in [-0.3, -0.25) is 4.90 Å². The number of carboxylic acid groups (broad SMARTS) is 4. The summed E-state index contributed by atoms with van der Waals surface area (Å²) in [5.74, 6) is -5.41. The number of hydrogen-bond donors (Lipinski definition) is 4. The third kappa shape index (κ3) is 12.9. The van der Waals surface area contributed by atoms with E-state index in [9.17, 15) is 28.0 Å². The normalized spacial score (nSPS) is 16.0. The molecule has 0 amide bonds. The molecule has 1 saturated heterocycles. The van der Waals surface area contributed by atoms with Gasteiger partial charge in [-0.1, -0.05) is 41.6 Å². The Bertz CT molecular complexity index is 1600. The lowest BCUT2D eigenvalue weighted by molar-refractivity contribution is -0.134. The first-order valence-electron chi connectivity index (χ1n) is 14.5. The fourth-order valence-electron chi connectivity index (χ4n) is 4.95. The Morgan fingerprint density at radius 3 is 1.81 bits per heavy atom. The zero-order chi connectivity index (χ0) is 35.2. The minimum absolute atomic E-state index is 0.186. The molecule has 0 saturated carbocycles. The molecule has 0 aromatic heterocycles. The Hall–Kier alpha value is -4.56. The average molecular weight is 703 g/mol. The summed E-state index contributed by atoms with van der Waals surface area (Å²) in [6.07, 6.45) is 4.01. The number of carbonyl (C=O) groups is 4. The largest absolute Gasteiger partial charge is 0.478 e. The molecule has 14 heteroatoms. The van der Waals surface area contributed by atoms with E-state index in [1.54, 1.807) is 23.9 Å². The van der Waals surface area contributed by atoms with Gasteiger partial charge >= 0.3 is 23.9 Å². The smallest absolute Gasteiger partial charge is 0.328 e. The van der Waals surface area contributed by atoms with Gasteiger partial charge in [0.1, 0.15) is 11.6 Å². The number of carboxylic acids is 4. The van der Waals surface area contributed by atoms with Crippen LogP contribution in [0.15, 0.2) is 94.8 Å². The fraction of sp³-hybridized carbons (Fsp3) is 0.235. The van der Waals surface area contributed by atoms with Crippen LogP contribution in [0.2, 0.25) is 5.02 Å². The van der Waals surface area contributed by atoms with Crippen LogP contribution in [-0.2, 0) is 32.0 Å². The molecule has 1 atom stereocenters. The van der Waals surface area contributed by atoms with Crippen LogP contribution < -0.4 is 0 Å². The van der Waals surface area contributed by atoms with Crippen molar-refractivity contribution in [3.63, 3.8) is 0 Å². The van der Waals surface area contributed by atoms with E-state index in [-0.39, 0.29) is 17.7 Å². The number of aliphatic carboxylic acids is 4. The van der Waals surface area contributed by atoms with Crippen LogP contribution in [0.5, 0.6) is 0 Å². The van der Waals surface area contributed by atoms with E-state index in [4.69, 9.17) is 32.0 Å². The third-order valence-corrected chi connectivity index (χ3v) is 8.63. The molecular formula is C34H33ClF2N2O8S. The van der Waals surface area contributed by atoms with E-state index in [0.717, 1.165) is 60.4 Å². The maximum Gasteiger partial charge on any atom is 0.328 e. The second-order valence-corrected chi connectivity index (χ2v) is 12.1. The van der Waals surface area contributed by atoms with Crippen LogP contribution in [0.3, 0.4) is 0 Å². The van der Waals surface area contributed by atoms with Crippen LogP contribution in [0.4, 0.5) is 8.78 Å². The first-order chi connectivity index (χ1) is 22.8. The van der Waals surface area contributed by atoms with E-state index in [2.05, 4.69) is 21.9 Å². The summed E-state index contributed by atoms with van der Waals surface area (Å²) in [5.41, 5.74) is 3.59. The van der Waals surface area contributed by atoms with Crippen LogP contribution >= 0.6 is 23.4 Å². The number of fused-ring (bicyclic) bond motifs is 2. The van der Waals surface area contributed by atoms with E-state index in [1.807, 2.05) is 24.3 Å². The van der Waals surface area contributed by atoms with Crippen molar-refractivity contribution >= 4 is 47.2 Å². The minimum Gasteiger partial charge on any atom is -0.478 e. The highest BCUT2D eigenvalue weighted by Gasteiger charge is 2.30. The SMILES string of the molecule is Fc1ccc(CCN2CCN(C3Cc4ccc(F)cc4Sc4ccc(Cl)cc43)CC2)cc1.O=C(O)/C=C/C(=O)O.O=C(O)/C=C/C(=O)O. The van der Waals surface area contributed by atoms with Gasteiger partial charge in [-0.15, -0.1) is 0 Å².